The summed E-state index contributed by atoms with van der Waals surface area (Å²) >= 11 is 0. The average molecular weight is 577 g/mol. The van der Waals surface area contributed by atoms with Gasteiger partial charge in [-0.15, -0.1) is 0 Å². The van der Waals surface area contributed by atoms with Crippen molar-refractivity contribution in [1.29, 1.82) is 0 Å². The number of hydrogen-bond acceptors (Lipinski definition) is 5. The first-order chi connectivity index (χ1) is 19.2. The van der Waals surface area contributed by atoms with Crippen molar-refractivity contribution in [3.63, 3.8) is 0 Å². The third-order valence-corrected chi connectivity index (χ3v) is 6.80. The first-order valence-electron chi connectivity index (χ1n) is 13.7. The van der Waals surface area contributed by atoms with Crippen molar-refractivity contribution in [3.8, 4) is 0 Å². The summed E-state index contributed by atoms with van der Waals surface area (Å²) in [5.74, 6) is -0.342. The van der Waals surface area contributed by atoms with Crippen molar-refractivity contribution >= 4 is 23.6 Å². The molecule has 1 heterocycles. The predicted octanol–water partition coefficient (Wildman–Crippen LogP) is 5.31. The Hall–Kier alpha value is -3.76. The van der Waals surface area contributed by atoms with Crippen LogP contribution < -0.4 is 5.32 Å². The lowest BCUT2D eigenvalue weighted by Crippen LogP contribution is -2.43. The van der Waals surface area contributed by atoms with Crippen LogP contribution in [0.15, 0.2) is 42.5 Å². The molecule has 0 spiro atoms. The molecule has 2 aromatic rings. The number of nitrogens with zero attached hydrogens (tertiary/aromatic N) is 3. The maximum atomic E-state index is 13.7. The molecule has 1 aliphatic heterocycles. The second kappa shape index (κ2) is 13.3. The SMILES string of the molecule is CCC(=O)N1CCc2c(cccc2NCC(=O)N(CCN(C)C(=O)OC(C)(C)C)Cc2ccccc2C(F)(F)F)C1. The highest BCUT2D eigenvalue weighted by Gasteiger charge is 2.34. The van der Waals surface area contributed by atoms with Gasteiger partial charge in [-0.25, -0.2) is 4.79 Å². The molecule has 224 valence electrons. The predicted molar refractivity (Wildman–Crippen MR) is 150 cm³/mol. The number of anilines is 1. The first-order valence-corrected chi connectivity index (χ1v) is 13.7. The van der Waals surface area contributed by atoms with E-state index in [4.69, 9.17) is 4.74 Å². The number of rotatable bonds is 9. The van der Waals surface area contributed by atoms with Crippen LogP contribution in [0.1, 0.15) is 56.4 Å². The number of nitrogens with one attached hydrogen (secondary N) is 1. The molecule has 3 rings (SSSR count). The van der Waals surface area contributed by atoms with Crippen molar-refractivity contribution in [2.75, 3.05) is 38.5 Å². The van der Waals surface area contributed by atoms with Crippen molar-refractivity contribution in [1.82, 2.24) is 14.7 Å². The highest BCUT2D eigenvalue weighted by atomic mass is 19.4. The van der Waals surface area contributed by atoms with E-state index in [1.807, 2.05) is 25.1 Å². The van der Waals surface area contributed by atoms with Crippen LogP contribution in [-0.4, -0.2) is 71.4 Å². The molecule has 0 aliphatic carbocycles. The lowest BCUT2D eigenvalue weighted by Gasteiger charge is -2.31. The van der Waals surface area contributed by atoms with E-state index in [1.165, 1.54) is 35.0 Å². The molecule has 0 saturated heterocycles. The molecular weight excluding hydrogens is 537 g/mol. The Morgan fingerprint density at radius 1 is 1.02 bits per heavy atom. The number of halogens is 3. The highest BCUT2D eigenvalue weighted by Crippen LogP contribution is 2.32. The molecule has 3 amide bonds. The molecule has 0 bridgehead atoms. The summed E-state index contributed by atoms with van der Waals surface area (Å²) in [7, 11) is 1.52. The van der Waals surface area contributed by atoms with Gasteiger partial charge in [0.25, 0.3) is 0 Å². The molecule has 0 fully saturated rings. The van der Waals surface area contributed by atoms with Gasteiger partial charge in [0.2, 0.25) is 11.8 Å². The maximum absolute atomic E-state index is 13.7. The van der Waals surface area contributed by atoms with Gasteiger partial charge in [-0.2, -0.15) is 13.2 Å². The number of amides is 3. The van der Waals surface area contributed by atoms with Crippen LogP contribution in [0.25, 0.3) is 0 Å². The molecule has 0 unspecified atom stereocenters. The van der Waals surface area contributed by atoms with Crippen LogP contribution in [0.5, 0.6) is 0 Å². The molecule has 41 heavy (non-hydrogen) atoms. The van der Waals surface area contributed by atoms with Crippen LogP contribution in [-0.2, 0) is 40.0 Å². The smallest absolute Gasteiger partial charge is 0.416 e. The lowest BCUT2D eigenvalue weighted by atomic mass is 9.97. The summed E-state index contributed by atoms with van der Waals surface area (Å²) in [5.41, 5.74) is 1.19. The van der Waals surface area contributed by atoms with Crippen molar-refractivity contribution in [3.05, 3.63) is 64.7 Å². The Morgan fingerprint density at radius 2 is 1.73 bits per heavy atom. The Balaban J connectivity index is 1.77. The standard InChI is InChI=1S/C30H39F3N4O4/c1-6-26(38)36-15-14-23-21(19-36)11-9-13-25(23)34-18-27(39)37(17-16-35(5)28(40)41-29(2,3)4)20-22-10-7-8-12-24(22)30(31,32)33/h7-13,34H,6,14-20H2,1-5H3. The molecule has 0 saturated carbocycles. The van der Waals surface area contributed by atoms with Gasteiger partial charge in [0, 0.05) is 51.9 Å². The monoisotopic (exact) mass is 576 g/mol. The number of hydrogen-bond donors (Lipinski definition) is 1. The van der Waals surface area contributed by atoms with Crippen molar-refractivity contribution in [2.45, 2.75) is 65.4 Å². The number of fused-ring (bicyclic) bond motifs is 1. The van der Waals surface area contributed by atoms with E-state index >= 15 is 0 Å². The summed E-state index contributed by atoms with van der Waals surface area (Å²) in [5, 5.41) is 3.16. The number of carbonyl (C=O) groups excluding carboxylic acids is 3. The Kier molecular flexibility index (Phi) is 10.3. The number of carbonyl (C=O) groups is 3. The van der Waals surface area contributed by atoms with Crippen LogP contribution in [0, 0.1) is 0 Å². The van der Waals surface area contributed by atoms with Gasteiger partial charge in [-0.3, -0.25) is 9.59 Å². The Labute approximate surface area is 239 Å². The molecule has 1 N–H and O–H groups in total. The zero-order valence-corrected chi connectivity index (χ0v) is 24.3. The minimum absolute atomic E-state index is 0.00341. The fraction of sp³-hybridized carbons (Fsp3) is 0.500. The number of alkyl halides is 3. The van der Waals surface area contributed by atoms with Crippen LogP contribution >= 0.6 is 0 Å². The van der Waals surface area contributed by atoms with Gasteiger partial charge < -0.3 is 24.8 Å². The van der Waals surface area contributed by atoms with E-state index in [9.17, 15) is 27.6 Å². The van der Waals surface area contributed by atoms with Gasteiger partial charge in [0.15, 0.2) is 0 Å². The molecule has 0 aromatic heterocycles. The van der Waals surface area contributed by atoms with Gasteiger partial charge in [-0.1, -0.05) is 37.3 Å². The molecule has 1 aliphatic rings. The summed E-state index contributed by atoms with van der Waals surface area (Å²) in [6.45, 7) is 7.72. The van der Waals surface area contributed by atoms with Crippen LogP contribution in [0.4, 0.5) is 23.7 Å². The molecule has 0 radical (unpaired) electrons. The number of benzene rings is 2. The minimum Gasteiger partial charge on any atom is -0.444 e. The van der Waals surface area contributed by atoms with Gasteiger partial charge >= 0.3 is 12.3 Å². The average Bonchev–Trinajstić information content (AvgIpc) is 2.91. The second-order valence-corrected chi connectivity index (χ2v) is 11.1. The maximum Gasteiger partial charge on any atom is 0.416 e. The molecule has 2 aromatic carbocycles. The lowest BCUT2D eigenvalue weighted by molar-refractivity contribution is -0.139. The van der Waals surface area contributed by atoms with E-state index in [1.54, 1.807) is 25.7 Å². The van der Waals surface area contributed by atoms with Crippen LogP contribution in [0.2, 0.25) is 0 Å². The molecule has 11 heteroatoms. The third-order valence-electron chi connectivity index (χ3n) is 6.80. The quantitative estimate of drug-likeness (QED) is 0.438. The third kappa shape index (κ3) is 8.86. The summed E-state index contributed by atoms with van der Waals surface area (Å²) in [4.78, 5) is 42.4. The van der Waals surface area contributed by atoms with Gasteiger partial charge in [0.1, 0.15) is 5.60 Å². The topological polar surface area (TPSA) is 82.2 Å². The first kappa shape index (κ1) is 31.8. The Morgan fingerprint density at radius 3 is 2.39 bits per heavy atom. The van der Waals surface area contributed by atoms with Crippen molar-refractivity contribution < 1.29 is 32.3 Å². The largest absolute Gasteiger partial charge is 0.444 e. The van der Waals surface area contributed by atoms with E-state index in [0.29, 0.717) is 25.9 Å². The van der Waals surface area contributed by atoms with E-state index in [0.717, 1.165) is 22.9 Å². The summed E-state index contributed by atoms with van der Waals surface area (Å²) in [6, 6.07) is 10.8. The van der Waals surface area contributed by atoms with Gasteiger partial charge in [0.05, 0.1) is 12.1 Å². The van der Waals surface area contributed by atoms with E-state index in [2.05, 4.69) is 5.32 Å². The fourth-order valence-electron chi connectivity index (χ4n) is 4.63. The number of ether oxygens (including phenoxy) is 1. The Bertz CT molecular complexity index is 1240. The zero-order chi connectivity index (χ0) is 30.4. The zero-order valence-electron chi connectivity index (χ0n) is 24.3. The van der Waals surface area contributed by atoms with Gasteiger partial charge in [-0.05, 0) is 56.0 Å². The van der Waals surface area contributed by atoms with Crippen molar-refractivity contribution in [2.24, 2.45) is 0 Å². The summed E-state index contributed by atoms with van der Waals surface area (Å²) in [6.07, 6.45) is -4.11. The second-order valence-electron chi connectivity index (χ2n) is 11.1. The molecule has 8 nitrogen and oxygen atoms in total. The van der Waals surface area contributed by atoms with E-state index < -0.39 is 29.3 Å². The molecule has 0 atom stereocenters. The highest BCUT2D eigenvalue weighted by molar-refractivity contribution is 5.81. The molecular formula is C30H39F3N4O4. The van der Waals surface area contributed by atoms with Crippen LogP contribution in [0.3, 0.4) is 0 Å². The summed E-state index contributed by atoms with van der Waals surface area (Å²) < 4.78 is 46.5. The normalized spacial score (nSPS) is 13.3. The fourth-order valence-corrected chi connectivity index (χ4v) is 4.63. The van der Waals surface area contributed by atoms with E-state index in [-0.39, 0.29) is 37.6 Å². The number of likely N-dealkylation sites (N-methyl/N-ethyl adjacent to an activating group) is 1. The minimum atomic E-state index is -4.58.